The summed E-state index contributed by atoms with van der Waals surface area (Å²) in [5.41, 5.74) is 8.78. The summed E-state index contributed by atoms with van der Waals surface area (Å²) in [5.74, 6) is -0.293. The highest BCUT2D eigenvalue weighted by atomic mass is 35.5. The number of benzene rings is 1. The van der Waals surface area contributed by atoms with Crippen LogP contribution in [0.25, 0.3) is 11.0 Å². The second-order valence-corrected chi connectivity index (χ2v) is 6.67. The summed E-state index contributed by atoms with van der Waals surface area (Å²) in [6.45, 7) is 0. The Morgan fingerprint density at radius 3 is 2.76 bits per heavy atom. The van der Waals surface area contributed by atoms with Gasteiger partial charge < -0.3 is 5.73 Å². The minimum absolute atomic E-state index is 0. The van der Waals surface area contributed by atoms with E-state index in [1.807, 2.05) is 24.3 Å². The van der Waals surface area contributed by atoms with Gasteiger partial charge >= 0.3 is 0 Å². The Bertz CT molecular complexity index is 901. The maximum Gasteiger partial charge on any atom is 0.277 e. The lowest BCUT2D eigenvalue weighted by atomic mass is 9.99. The smallest absolute Gasteiger partial charge is 0.277 e. The maximum absolute atomic E-state index is 12.4. The molecule has 9 heteroatoms. The van der Waals surface area contributed by atoms with Gasteiger partial charge in [0.2, 0.25) is 0 Å². The van der Waals surface area contributed by atoms with Crippen LogP contribution in [-0.4, -0.2) is 26.9 Å². The molecule has 3 N–H and O–H groups in total. The van der Waals surface area contributed by atoms with Crippen LogP contribution in [0.2, 0.25) is 0 Å². The highest BCUT2D eigenvalue weighted by Crippen LogP contribution is 2.29. The number of nitrogens with two attached hydrogens (primary N) is 1. The van der Waals surface area contributed by atoms with Crippen LogP contribution in [0.3, 0.4) is 0 Å². The van der Waals surface area contributed by atoms with Gasteiger partial charge in [-0.15, -0.1) is 36.2 Å². The van der Waals surface area contributed by atoms with Gasteiger partial charge in [0.25, 0.3) is 5.91 Å². The molecule has 1 amide bonds. The van der Waals surface area contributed by atoms with E-state index >= 15 is 0 Å². The number of thiazole rings is 1. The fourth-order valence-electron chi connectivity index (χ4n) is 2.68. The van der Waals surface area contributed by atoms with E-state index in [4.69, 9.17) is 5.73 Å². The van der Waals surface area contributed by atoms with Crippen molar-refractivity contribution >= 4 is 58.2 Å². The topological polar surface area (TPSA) is 93.8 Å². The van der Waals surface area contributed by atoms with Crippen LogP contribution in [0.1, 0.15) is 27.5 Å². The van der Waals surface area contributed by atoms with Crippen molar-refractivity contribution in [2.24, 2.45) is 5.73 Å². The van der Waals surface area contributed by atoms with Crippen molar-refractivity contribution in [3.8, 4) is 0 Å². The molecular weight excluding hydrogens is 381 g/mol. The Morgan fingerprint density at radius 1 is 1.20 bits per heavy atom. The van der Waals surface area contributed by atoms with E-state index in [1.165, 1.54) is 22.4 Å². The van der Waals surface area contributed by atoms with Crippen LogP contribution in [0, 0.1) is 0 Å². The molecule has 1 aliphatic rings. The number of carbonyl (C=O) groups is 1. The molecule has 0 fully saturated rings. The Balaban J connectivity index is 0.00000113. The maximum atomic E-state index is 12.4. The molecule has 0 radical (unpaired) electrons. The number of rotatable bonds is 2. The molecular formula is C16H17Cl2N5OS. The summed E-state index contributed by atoms with van der Waals surface area (Å²) in [4.78, 5) is 26.6. The molecule has 1 atom stereocenters. The van der Waals surface area contributed by atoms with Gasteiger partial charge in [-0.3, -0.25) is 15.1 Å². The van der Waals surface area contributed by atoms with Gasteiger partial charge in [0.05, 0.1) is 22.9 Å². The van der Waals surface area contributed by atoms with Crippen LogP contribution in [0.15, 0.2) is 30.5 Å². The molecule has 0 bridgehead atoms. The minimum Gasteiger partial charge on any atom is -0.327 e. The van der Waals surface area contributed by atoms with E-state index < -0.39 is 0 Å². The zero-order chi connectivity index (χ0) is 15.8. The molecule has 0 aliphatic heterocycles. The lowest BCUT2D eigenvalue weighted by Crippen LogP contribution is -2.27. The number of anilines is 1. The van der Waals surface area contributed by atoms with E-state index in [9.17, 15) is 4.79 Å². The van der Waals surface area contributed by atoms with Gasteiger partial charge in [-0.1, -0.05) is 12.1 Å². The molecule has 4 rings (SSSR count). The van der Waals surface area contributed by atoms with Crippen LogP contribution in [0.5, 0.6) is 0 Å². The van der Waals surface area contributed by atoms with Crippen molar-refractivity contribution in [2.75, 3.05) is 5.32 Å². The molecule has 2 aromatic heterocycles. The van der Waals surface area contributed by atoms with Crippen LogP contribution < -0.4 is 11.1 Å². The number of fused-ring (bicyclic) bond motifs is 2. The molecule has 2 heterocycles. The first kappa shape index (κ1) is 19.5. The number of carbonyl (C=O) groups excluding carboxylic acids is 1. The van der Waals surface area contributed by atoms with E-state index in [0.717, 1.165) is 30.5 Å². The Kier molecular flexibility index (Phi) is 6.29. The average molecular weight is 398 g/mol. The summed E-state index contributed by atoms with van der Waals surface area (Å²) >= 11 is 1.49. The van der Waals surface area contributed by atoms with Crippen molar-refractivity contribution in [2.45, 2.75) is 25.3 Å². The number of para-hydroxylation sites is 2. The van der Waals surface area contributed by atoms with Gasteiger partial charge in [-0.2, -0.15) is 0 Å². The van der Waals surface area contributed by atoms with Crippen LogP contribution in [0.4, 0.5) is 5.13 Å². The second kappa shape index (κ2) is 8.05. The van der Waals surface area contributed by atoms with Crippen molar-refractivity contribution in [3.05, 3.63) is 46.7 Å². The fraction of sp³-hybridized carbons (Fsp3) is 0.250. The first-order valence-corrected chi connectivity index (χ1v) is 8.28. The third-order valence-electron chi connectivity index (χ3n) is 3.88. The molecule has 0 saturated heterocycles. The number of halogens is 2. The third-order valence-corrected chi connectivity index (χ3v) is 4.91. The monoisotopic (exact) mass is 397 g/mol. The predicted molar refractivity (Wildman–Crippen MR) is 104 cm³/mol. The Hall–Kier alpha value is -1.80. The van der Waals surface area contributed by atoms with E-state index in [1.54, 1.807) is 0 Å². The lowest BCUT2D eigenvalue weighted by molar-refractivity contribution is 0.102. The summed E-state index contributed by atoms with van der Waals surface area (Å²) in [5, 5.41) is 3.42. The molecule has 1 aromatic carbocycles. The third kappa shape index (κ3) is 4.07. The summed E-state index contributed by atoms with van der Waals surface area (Å²) in [7, 11) is 0. The predicted octanol–water partition coefficient (Wildman–Crippen LogP) is 3.00. The normalized spacial score (nSPS) is 15.6. The van der Waals surface area contributed by atoms with Crippen molar-refractivity contribution in [3.63, 3.8) is 0 Å². The number of nitrogens with zero attached hydrogens (tertiary/aromatic N) is 3. The molecule has 3 aromatic rings. The van der Waals surface area contributed by atoms with Crippen molar-refractivity contribution in [1.82, 2.24) is 15.0 Å². The van der Waals surface area contributed by atoms with Gasteiger partial charge in [0.15, 0.2) is 5.13 Å². The average Bonchev–Trinajstić information content (AvgIpc) is 2.95. The standard InChI is InChI=1S/C16H15N5OS.2ClH/c17-9-5-6-12-14(7-9)23-16(20-12)21-15(22)13-8-18-10-3-1-2-4-11(10)19-13;;/h1-4,8-9H,5-7,17H2,(H,20,21,22);2*1H/t9-;;/m0../s1. The van der Waals surface area contributed by atoms with Crippen LogP contribution >= 0.6 is 36.2 Å². The highest BCUT2D eigenvalue weighted by molar-refractivity contribution is 7.15. The number of aromatic nitrogens is 3. The van der Waals surface area contributed by atoms with Gasteiger partial charge in [-0.05, 0) is 31.4 Å². The van der Waals surface area contributed by atoms with Crippen molar-refractivity contribution in [1.29, 1.82) is 0 Å². The Labute approximate surface area is 161 Å². The number of hydrogen-bond acceptors (Lipinski definition) is 6. The number of amides is 1. The number of hydrogen-bond donors (Lipinski definition) is 2. The Morgan fingerprint density at radius 2 is 1.96 bits per heavy atom. The molecule has 6 nitrogen and oxygen atoms in total. The van der Waals surface area contributed by atoms with E-state index in [-0.39, 0.29) is 42.5 Å². The van der Waals surface area contributed by atoms with Gasteiger partial charge in [0.1, 0.15) is 5.69 Å². The summed E-state index contributed by atoms with van der Waals surface area (Å²) in [6.07, 6.45) is 4.14. The van der Waals surface area contributed by atoms with E-state index in [0.29, 0.717) is 10.6 Å². The van der Waals surface area contributed by atoms with Gasteiger partial charge in [-0.25, -0.2) is 9.97 Å². The molecule has 0 spiro atoms. The number of nitrogens with one attached hydrogen (secondary N) is 1. The number of aryl methyl sites for hydroxylation is 1. The zero-order valence-electron chi connectivity index (χ0n) is 13.1. The van der Waals surface area contributed by atoms with Crippen molar-refractivity contribution < 1.29 is 4.79 Å². The first-order chi connectivity index (χ1) is 11.2. The van der Waals surface area contributed by atoms with Gasteiger partial charge in [0, 0.05) is 10.9 Å². The zero-order valence-corrected chi connectivity index (χ0v) is 15.6. The largest absolute Gasteiger partial charge is 0.327 e. The summed E-state index contributed by atoms with van der Waals surface area (Å²) in [6, 6.07) is 7.65. The lowest BCUT2D eigenvalue weighted by Gasteiger charge is -2.15. The second-order valence-electron chi connectivity index (χ2n) is 5.59. The molecule has 1 aliphatic carbocycles. The fourth-order valence-corrected chi connectivity index (χ4v) is 3.78. The highest BCUT2D eigenvalue weighted by Gasteiger charge is 2.21. The molecule has 0 unspecified atom stereocenters. The molecule has 25 heavy (non-hydrogen) atoms. The quantitative estimate of drug-likeness (QED) is 0.692. The first-order valence-electron chi connectivity index (χ1n) is 7.46. The SMILES string of the molecule is Cl.Cl.N[C@H]1CCc2nc(NC(=O)c3cnc4ccccc4n3)sc2C1. The van der Waals surface area contributed by atoms with Crippen LogP contribution in [-0.2, 0) is 12.8 Å². The molecule has 0 saturated carbocycles. The molecule has 132 valence electrons. The summed E-state index contributed by atoms with van der Waals surface area (Å²) < 4.78 is 0. The minimum atomic E-state index is -0.293. The van der Waals surface area contributed by atoms with E-state index in [2.05, 4.69) is 20.3 Å².